The number of rotatable bonds is 3. The second-order valence-electron chi connectivity index (χ2n) is 7.04. The first-order valence-corrected chi connectivity index (χ1v) is 10.2. The smallest absolute Gasteiger partial charge is 0.300 e. The average molecular weight is 419 g/mol. The molecule has 6 nitrogen and oxygen atoms in total. The highest BCUT2D eigenvalue weighted by Crippen LogP contribution is 2.45. The fraction of sp³-hybridized carbons (Fsp3) is 0.130. The summed E-state index contributed by atoms with van der Waals surface area (Å²) in [6.45, 7) is 1.99. The molecule has 1 atom stereocenters. The third kappa shape index (κ3) is 2.78. The van der Waals surface area contributed by atoms with E-state index in [1.165, 1.54) is 16.2 Å². The van der Waals surface area contributed by atoms with E-state index in [0.717, 1.165) is 10.4 Å². The first-order valence-electron chi connectivity index (χ1n) is 9.36. The van der Waals surface area contributed by atoms with Crippen LogP contribution in [0.15, 0.2) is 65.6 Å². The van der Waals surface area contributed by atoms with Crippen LogP contribution in [0.5, 0.6) is 11.5 Å². The van der Waals surface area contributed by atoms with Crippen LogP contribution in [0.25, 0.3) is 5.76 Å². The molecule has 0 saturated carbocycles. The zero-order valence-electron chi connectivity index (χ0n) is 16.0. The van der Waals surface area contributed by atoms with Crippen LogP contribution in [0.3, 0.4) is 0 Å². The predicted octanol–water partition coefficient (Wildman–Crippen LogP) is 4.41. The van der Waals surface area contributed by atoms with E-state index >= 15 is 0 Å². The number of hydrogen-bond donors (Lipinski definition) is 1. The topological polar surface area (TPSA) is 76.1 Å². The molecule has 1 aromatic heterocycles. The number of para-hydroxylation sites is 1. The molecule has 2 aromatic carbocycles. The number of benzene rings is 2. The Balaban J connectivity index is 1.70. The van der Waals surface area contributed by atoms with Crippen molar-refractivity contribution in [1.29, 1.82) is 0 Å². The van der Waals surface area contributed by atoms with Gasteiger partial charge >= 0.3 is 0 Å². The Hall–Kier alpha value is -3.58. The number of anilines is 1. The molecular formula is C23H17NO5S. The summed E-state index contributed by atoms with van der Waals surface area (Å²) in [4.78, 5) is 28.4. The van der Waals surface area contributed by atoms with Crippen molar-refractivity contribution in [2.45, 2.75) is 13.0 Å². The quantitative estimate of drug-likeness (QED) is 0.387. The molecule has 3 aromatic rings. The van der Waals surface area contributed by atoms with Gasteiger partial charge in [-0.3, -0.25) is 14.5 Å². The van der Waals surface area contributed by atoms with Gasteiger partial charge in [0.2, 0.25) is 6.79 Å². The molecule has 30 heavy (non-hydrogen) atoms. The fourth-order valence-corrected chi connectivity index (χ4v) is 4.65. The van der Waals surface area contributed by atoms with Gasteiger partial charge in [0.25, 0.3) is 11.7 Å². The Labute approximate surface area is 176 Å². The molecule has 1 unspecified atom stereocenters. The molecule has 1 saturated heterocycles. The van der Waals surface area contributed by atoms with E-state index < -0.39 is 17.7 Å². The monoisotopic (exact) mass is 419 g/mol. The van der Waals surface area contributed by atoms with Crippen molar-refractivity contribution in [3.05, 3.63) is 81.6 Å². The zero-order chi connectivity index (χ0) is 20.8. The van der Waals surface area contributed by atoms with Crippen LogP contribution in [0.2, 0.25) is 0 Å². The second kappa shape index (κ2) is 7.03. The lowest BCUT2D eigenvalue weighted by molar-refractivity contribution is -0.132. The molecule has 0 bridgehead atoms. The van der Waals surface area contributed by atoms with E-state index in [0.29, 0.717) is 22.7 Å². The number of carbonyl (C=O) groups is 2. The van der Waals surface area contributed by atoms with Gasteiger partial charge in [0.15, 0.2) is 11.5 Å². The molecule has 7 heteroatoms. The van der Waals surface area contributed by atoms with Gasteiger partial charge in [-0.1, -0.05) is 24.3 Å². The standard InChI is InChI=1S/C23H17NO5S/c1-13-5-2-3-6-15(13)24-20(18-7-4-10-30-18)19(22(26)23(24)27)21(25)14-8-9-16-17(11-14)29-12-28-16/h2-11,20,25H,12H2,1H3/b21-19-. The minimum absolute atomic E-state index is 0.0598. The minimum atomic E-state index is -0.716. The van der Waals surface area contributed by atoms with E-state index in [2.05, 4.69) is 0 Å². The van der Waals surface area contributed by atoms with Crippen molar-refractivity contribution in [1.82, 2.24) is 0 Å². The highest BCUT2D eigenvalue weighted by Gasteiger charge is 2.47. The summed E-state index contributed by atoms with van der Waals surface area (Å²) >= 11 is 1.43. The molecule has 1 amide bonds. The molecule has 2 aliphatic rings. The Bertz CT molecular complexity index is 1200. The molecule has 1 N–H and O–H groups in total. The number of carbonyl (C=O) groups excluding carboxylic acids is 2. The van der Waals surface area contributed by atoms with Gasteiger partial charge in [-0.25, -0.2) is 0 Å². The fourth-order valence-electron chi connectivity index (χ4n) is 3.83. The molecule has 3 heterocycles. The normalized spacial score (nSPS) is 19.5. The number of ketones is 1. The Morgan fingerprint density at radius 1 is 1.07 bits per heavy atom. The molecule has 0 spiro atoms. The lowest BCUT2D eigenvalue weighted by Crippen LogP contribution is -2.29. The lowest BCUT2D eigenvalue weighted by Gasteiger charge is -2.25. The van der Waals surface area contributed by atoms with E-state index in [1.807, 2.05) is 48.7 Å². The van der Waals surface area contributed by atoms with E-state index in [9.17, 15) is 14.7 Å². The highest BCUT2D eigenvalue weighted by molar-refractivity contribution is 7.10. The maximum absolute atomic E-state index is 13.1. The third-order valence-corrected chi connectivity index (χ3v) is 6.20. The van der Waals surface area contributed by atoms with Crippen LogP contribution < -0.4 is 14.4 Å². The van der Waals surface area contributed by atoms with Crippen molar-refractivity contribution in [3.8, 4) is 11.5 Å². The summed E-state index contributed by atoms with van der Waals surface area (Å²) in [6, 6.07) is 15.3. The number of aliphatic hydroxyl groups excluding tert-OH is 1. The minimum Gasteiger partial charge on any atom is -0.507 e. The number of thiophene rings is 1. The molecule has 0 aliphatic carbocycles. The van der Waals surface area contributed by atoms with Gasteiger partial charge in [-0.2, -0.15) is 0 Å². The van der Waals surface area contributed by atoms with Crippen LogP contribution in [-0.4, -0.2) is 23.6 Å². The number of fused-ring (bicyclic) bond motifs is 1. The van der Waals surface area contributed by atoms with Crippen molar-refractivity contribution >= 4 is 34.5 Å². The SMILES string of the molecule is Cc1ccccc1N1C(=O)C(=O)/C(=C(\O)c2ccc3c(c2)OCO3)C1c1cccs1. The second-order valence-corrected chi connectivity index (χ2v) is 8.02. The number of hydrogen-bond acceptors (Lipinski definition) is 6. The van der Waals surface area contributed by atoms with Crippen LogP contribution in [-0.2, 0) is 9.59 Å². The van der Waals surface area contributed by atoms with Crippen LogP contribution in [0.1, 0.15) is 22.0 Å². The van der Waals surface area contributed by atoms with Gasteiger partial charge in [0.05, 0.1) is 5.57 Å². The third-order valence-electron chi connectivity index (χ3n) is 5.28. The summed E-state index contributed by atoms with van der Waals surface area (Å²) in [5.41, 5.74) is 1.96. The Morgan fingerprint density at radius 2 is 1.87 bits per heavy atom. The zero-order valence-corrected chi connectivity index (χ0v) is 16.8. The van der Waals surface area contributed by atoms with Crippen LogP contribution in [0, 0.1) is 6.92 Å². The number of nitrogens with zero attached hydrogens (tertiary/aromatic N) is 1. The van der Waals surface area contributed by atoms with E-state index in [-0.39, 0.29) is 18.1 Å². The van der Waals surface area contributed by atoms with Crippen LogP contribution in [0.4, 0.5) is 5.69 Å². The number of Topliss-reactive ketones (excluding diaryl/α,β-unsaturated/α-hetero) is 1. The molecule has 5 rings (SSSR count). The van der Waals surface area contributed by atoms with Gasteiger partial charge in [0.1, 0.15) is 11.8 Å². The van der Waals surface area contributed by atoms with E-state index in [4.69, 9.17) is 9.47 Å². The summed E-state index contributed by atoms with van der Waals surface area (Å²) in [5.74, 6) is -0.556. The average Bonchev–Trinajstić information content (AvgIpc) is 3.48. The molecule has 0 radical (unpaired) electrons. The maximum Gasteiger partial charge on any atom is 0.300 e. The summed E-state index contributed by atoms with van der Waals surface area (Å²) < 4.78 is 10.7. The van der Waals surface area contributed by atoms with E-state index in [1.54, 1.807) is 18.2 Å². The molecule has 150 valence electrons. The predicted molar refractivity (Wildman–Crippen MR) is 113 cm³/mol. The Morgan fingerprint density at radius 3 is 2.63 bits per heavy atom. The number of amides is 1. The van der Waals surface area contributed by atoms with Gasteiger partial charge in [0, 0.05) is 16.1 Å². The summed E-state index contributed by atoms with van der Waals surface area (Å²) in [6.07, 6.45) is 0. The van der Waals surface area contributed by atoms with Crippen molar-refractivity contribution < 1.29 is 24.2 Å². The number of aliphatic hydroxyl groups is 1. The van der Waals surface area contributed by atoms with Gasteiger partial charge < -0.3 is 14.6 Å². The summed E-state index contributed by atoms with van der Waals surface area (Å²) in [7, 11) is 0. The van der Waals surface area contributed by atoms with Gasteiger partial charge in [-0.15, -0.1) is 11.3 Å². The summed E-state index contributed by atoms with van der Waals surface area (Å²) in [5, 5.41) is 13.0. The highest BCUT2D eigenvalue weighted by atomic mass is 32.1. The van der Waals surface area contributed by atoms with Gasteiger partial charge in [-0.05, 0) is 48.2 Å². The first kappa shape index (κ1) is 18.4. The lowest BCUT2D eigenvalue weighted by atomic mass is 9.99. The van der Waals surface area contributed by atoms with Crippen molar-refractivity contribution in [3.63, 3.8) is 0 Å². The van der Waals surface area contributed by atoms with Crippen molar-refractivity contribution in [2.24, 2.45) is 0 Å². The number of ether oxygens (including phenoxy) is 2. The molecular weight excluding hydrogens is 402 g/mol. The largest absolute Gasteiger partial charge is 0.507 e. The molecule has 2 aliphatic heterocycles. The maximum atomic E-state index is 13.1. The first-order chi connectivity index (χ1) is 14.6. The van der Waals surface area contributed by atoms with Crippen molar-refractivity contribution in [2.75, 3.05) is 11.7 Å². The van der Waals surface area contributed by atoms with Crippen LogP contribution >= 0.6 is 11.3 Å². The Kier molecular flexibility index (Phi) is 4.33. The molecule has 1 fully saturated rings. The number of aryl methyl sites for hydroxylation is 1.